The molecular formula is C25H26N4O2. The van der Waals surface area contributed by atoms with E-state index in [4.69, 9.17) is 4.74 Å². The topological polar surface area (TPSA) is 71.2 Å². The summed E-state index contributed by atoms with van der Waals surface area (Å²) in [7, 11) is 1.87. The standard InChI is InChI=1S/C25H26N4O2/c1-28(22-10-6-3-7-11-22)25(30)29-16-23(27-18-29)20-12-13-24(21(14-20)15-26)31-17-19-8-4-2-5-9-19/h2,4-5,8-9,12-14,16,18,22H,3,6-7,10-11,17H2,1H3. The van der Waals surface area contributed by atoms with Crippen molar-refractivity contribution >= 4 is 6.03 Å². The van der Waals surface area contributed by atoms with E-state index in [9.17, 15) is 10.1 Å². The number of carbonyl (C=O) groups excluding carboxylic acids is 1. The van der Waals surface area contributed by atoms with Crippen LogP contribution in [0.1, 0.15) is 43.2 Å². The molecule has 1 heterocycles. The van der Waals surface area contributed by atoms with E-state index in [1.807, 2.05) is 48.3 Å². The highest BCUT2D eigenvalue weighted by atomic mass is 16.5. The lowest BCUT2D eigenvalue weighted by Gasteiger charge is -2.31. The maximum atomic E-state index is 12.9. The highest BCUT2D eigenvalue weighted by Crippen LogP contribution is 2.27. The van der Waals surface area contributed by atoms with Gasteiger partial charge in [-0.2, -0.15) is 5.26 Å². The Balaban J connectivity index is 1.48. The smallest absolute Gasteiger partial charge is 0.329 e. The average Bonchev–Trinajstić information content (AvgIpc) is 3.33. The van der Waals surface area contributed by atoms with Crippen LogP contribution in [-0.4, -0.2) is 33.6 Å². The highest BCUT2D eigenvalue weighted by molar-refractivity contribution is 5.78. The lowest BCUT2D eigenvalue weighted by molar-refractivity contribution is 0.175. The van der Waals surface area contributed by atoms with Crippen molar-refractivity contribution in [3.8, 4) is 23.1 Å². The third-order valence-electron chi connectivity index (χ3n) is 5.86. The fraction of sp³-hybridized carbons (Fsp3) is 0.320. The number of nitriles is 1. The van der Waals surface area contributed by atoms with E-state index in [1.54, 1.807) is 24.7 Å². The lowest BCUT2D eigenvalue weighted by atomic mass is 9.95. The number of hydrogen-bond donors (Lipinski definition) is 0. The molecule has 3 aromatic rings. The fourth-order valence-corrected chi connectivity index (χ4v) is 4.02. The van der Waals surface area contributed by atoms with Gasteiger partial charge in [-0.1, -0.05) is 49.6 Å². The second kappa shape index (κ2) is 9.48. The van der Waals surface area contributed by atoms with Crippen molar-refractivity contribution in [1.82, 2.24) is 14.5 Å². The van der Waals surface area contributed by atoms with Gasteiger partial charge in [-0.15, -0.1) is 0 Å². The molecule has 0 aliphatic heterocycles. The van der Waals surface area contributed by atoms with Gasteiger partial charge in [-0.05, 0) is 36.6 Å². The number of ether oxygens (including phenoxy) is 1. The van der Waals surface area contributed by atoms with Crippen LogP contribution in [0.15, 0.2) is 61.1 Å². The number of amides is 1. The molecule has 1 aliphatic carbocycles. The zero-order valence-corrected chi connectivity index (χ0v) is 17.7. The summed E-state index contributed by atoms with van der Waals surface area (Å²) in [6.07, 6.45) is 8.98. The zero-order chi connectivity index (χ0) is 21.6. The van der Waals surface area contributed by atoms with Gasteiger partial charge in [0.1, 0.15) is 24.8 Å². The Hall–Kier alpha value is -3.59. The molecule has 1 aromatic heterocycles. The third kappa shape index (κ3) is 4.77. The Morgan fingerprint density at radius 2 is 1.97 bits per heavy atom. The molecule has 0 unspecified atom stereocenters. The molecule has 1 fully saturated rings. The van der Waals surface area contributed by atoms with Crippen LogP contribution in [0.3, 0.4) is 0 Å². The van der Waals surface area contributed by atoms with Crippen LogP contribution in [0.2, 0.25) is 0 Å². The van der Waals surface area contributed by atoms with Crippen LogP contribution in [0, 0.1) is 11.3 Å². The van der Waals surface area contributed by atoms with Crippen molar-refractivity contribution in [1.29, 1.82) is 5.26 Å². The van der Waals surface area contributed by atoms with Gasteiger partial charge in [0.2, 0.25) is 0 Å². The summed E-state index contributed by atoms with van der Waals surface area (Å²) in [6, 6.07) is 17.6. The molecule has 0 spiro atoms. The quantitative estimate of drug-likeness (QED) is 0.573. The van der Waals surface area contributed by atoms with E-state index < -0.39 is 0 Å². The maximum absolute atomic E-state index is 12.9. The molecule has 31 heavy (non-hydrogen) atoms. The predicted molar refractivity (Wildman–Crippen MR) is 119 cm³/mol. The van der Waals surface area contributed by atoms with Crippen LogP contribution in [-0.2, 0) is 6.61 Å². The Morgan fingerprint density at radius 1 is 1.19 bits per heavy atom. The van der Waals surface area contributed by atoms with Gasteiger partial charge in [-0.25, -0.2) is 9.78 Å². The number of imidazole rings is 1. The van der Waals surface area contributed by atoms with Gasteiger partial charge in [0, 0.05) is 24.8 Å². The molecule has 0 radical (unpaired) electrons. The summed E-state index contributed by atoms with van der Waals surface area (Å²) in [6.45, 7) is 0.394. The first-order valence-corrected chi connectivity index (χ1v) is 10.7. The third-order valence-corrected chi connectivity index (χ3v) is 5.86. The minimum absolute atomic E-state index is 0.0750. The van der Waals surface area contributed by atoms with Crippen molar-refractivity contribution < 1.29 is 9.53 Å². The van der Waals surface area contributed by atoms with Crippen LogP contribution < -0.4 is 4.74 Å². The van der Waals surface area contributed by atoms with Crippen LogP contribution in [0.5, 0.6) is 5.75 Å². The van der Waals surface area contributed by atoms with Crippen LogP contribution in [0.4, 0.5) is 4.79 Å². The molecule has 0 bridgehead atoms. The summed E-state index contributed by atoms with van der Waals surface area (Å²) in [5.41, 5.74) is 2.90. The van der Waals surface area contributed by atoms with E-state index in [0.29, 0.717) is 29.7 Å². The van der Waals surface area contributed by atoms with E-state index in [1.165, 1.54) is 23.8 Å². The zero-order valence-electron chi connectivity index (χ0n) is 17.7. The van der Waals surface area contributed by atoms with Crippen molar-refractivity contribution in [2.75, 3.05) is 7.05 Å². The minimum atomic E-state index is -0.0750. The molecule has 4 rings (SSSR count). The van der Waals surface area contributed by atoms with E-state index in [-0.39, 0.29) is 6.03 Å². The van der Waals surface area contributed by atoms with Crippen molar-refractivity contribution in [3.63, 3.8) is 0 Å². The molecule has 1 amide bonds. The summed E-state index contributed by atoms with van der Waals surface area (Å²) >= 11 is 0. The molecule has 6 nitrogen and oxygen atoms in total. The second-order valence-corrected chi connectivity index (χ2v) is 7.95. The maximum Gasteiger partial charge on any atom is 0.329 e. The normalized spacial score (nSPS) is 14.1. The predicted octanol–water partition coefficient (Wildman–Crippen LogP) is 5.23. The Labute approximate surface area is 182 Å². The summed E-state index contributed by atoms with van der Waals surface area (Å²) in [5, 5.41) is 9.58. The Morgan fingerprint density at radius 3 is 2.71 bits per heavy atom. The number of aromatic nitrogens is 2. The summed E-state index contributed by atoms with van der Waals surface area (Å²) < 4.78 is 7.36. The first-order valence-electron chi connectivity index (χ1n) is 10.7. The number of benzene rings is 2. The van der Waals surface area contributed by atoms with Crippen molar-refractivity contribution in [3.05, 3.63) is 72.2 Å². The van der Waals surface area contributed by atoms with E-state index in [2.05, 4.69) is 11.1 Å². The number of nitrogens with zero attached hydrogens (tertiary/aromatic N) is 4. The van der Waals surface area contributed by atoms with Crippen LogP contribution >= 0.6 is 0 Å². The van der Waals surface area contributed by atoms with Gasteiger partial charge < -0.3 is 9.64 Å². The van der Waals surface area contributed by atoms with Gasteiger partial charge in [-0.3, -0.25) is 4.57 Å². The van der Waals surface area contributed by atoms with Gasteiger partial charge >= 0.3 is 6.03 Å². The molecule has 6 heteroatoms. The Bertz CT molecular complexity index is 1080. The van der Waals surface area contributed by atoms with E-state index in [0.717, 1.165) is 24.0 Å². The van der Waals surface area contributed by atoms with Crippen LogP contribution in [0.25, 0.3) is 11.3 Å². The van der Waals surface area contributed by atoms with Crippen molar-refractivity contribution in [2.45, 2.75) is 44.8 Å². The molecule has 158 valence electrons. The monoisotopic (exact) mass is 414 g/mol. The minimum Gasteiger partial charge on any atom is -0.488 e. The number of hydrogen-bond acceptors (Lipinski definition) is 4. The molecule has 1 aliphatic rings. The summed E-state index contributed by atoms with van der Waals surface area (Å²) in [4.78, 5) is 19.1. The largest absolute Gasteiger partial charge is 0.488 e. The Kier molecular flexibility index (Phi) is 6.32. The number of carbonyl (C=O) groups is 1. The molecule has 0 N–H and O–H groups in total. The molecule has 2 aromatic carbocycles. The van der Waals surface area contributed by atoms with Gasteiger partial charge in [0.25, 0.3) is 0 Å². The average molecular weight is 415 g/mol. The second-order valence-electron chi connectivity index (χ2n) is 7.95. The molecular weight excluding hydrogens is 388 g/mol. The SMILES string of the molecule is CN(C(=O)n1cnc(-c2ccc(OCc3ccccc3)c(C#N)c2)c1)C1CCCCC1. The van der Waals surface area contributed by atoms with Gasteiger partial charge in [0.05, 0.1) is 11.3 Å². The van der Waals surface area contributed by atoms with E-state index >= 15 is 0 Å². The summed E-state index contributed by atoms with van der Waals surface area (Å²) in [5.74, 6) is 0.530. The fourth-order valence-electron chi connectivity index (χ4n) is 4.02. The molecule has 1 saturated carbocycles. The van der Waals surface area contributed by atoms with Gasteiger partial charge in [0.15, 0.2) is 0 Å². The first-order chi connectivity index (χ1) is 15.2. The van der Waals surface area contributed by atoms with Crippen molar-refractivity contribution in [2.24, 2.45) is 0 Å². The number of rotatable bonds is 5. The highest BCUT2D eigenvalue weighted by Gasteiger charge is 2.23. The lowest BCUT2D eigenvalue weighted by Crippen LogP contribution is -2.40. The molecule has 0 atom stereocenters. The molecule has 0 saturated heterocycles. The first kappa shape index (κ1) is 20.7.